The maximum atomic E-state index is 10.7. The molecule has 0 aliphatic carbocycles. The molecule has 0 aromatic heterocycles. The fourth-order valence-corrected chi connectivity index (χ4v) is 1.04. The van der Waals surface area contributed by atoms with Gasteiger partial charge < -0.3 is 23.7 Å². The number of ether oxygens (including phenoxy) is 5. The van der Waals surface area contributed by atoms with E-state index in [1.807, 2.05) is 0 Å². The van der Waals surface area contributed by atoms with Gasteiger partial charge in [0.15, 0.2) is 0 Å². The Balaban J connectivity index is 3.09. The van der Waals surface area contributed by atoms with Crippen molar-refractivity contribution in [1.29, 1.82) is 0 Å². The van der Waals surface area contributed by atoms with E-state index in [0.717, 1.165) is 6.08 Å². The summed E-state index contributed by atoms with van der Waals surface area (Å²) in [5.74, 6) is -1.39. The summed E-state index contributed by atoms with van der Waals surface area (Å²) < 4.78 is 24.6. The van der Waals surface area contributed by atoms with E-state index in [0.29, 0.717) is 33.0 Å². The first-order valence-electron chi connectivity index (χ1n) is 6.35. The van der Waals surface area contributed by atoms with Crippen LogP contribution in [0.1, 0.15) is 0 Å². The summed E-state index contributed by atoms with van der Waals surface area (Å²) in [4.78, 5) is 31.0. The average Bonchev–Trinajstić information content (AvgIpc) is 2.51. The highest BCUT2D eigenvalue weighted by atomic mass is 16.6. The van der Waals surface area contributed by atoms with Gasteiger partial charge in [0.2, 0.25) is 6.29 Å². The molecule has 0 rings (SSSR count). The van der Waals surface area contributed by atoms with E-state index in [1.54, 1.807) is 0 Å². The van der Waals surface area contributed by atoms with Gasteiger partial charge in [-0.1, -0.05) is 6.58 Å². The Hall–Kier alpha value is -1.77. The van der Waals surface area contributed by atoms with Gasteiger partial charge in [0.1, 0.15) is 13.2 Å². The SMILES string of the molecule is C=CC(=O)OCCOCCOCCOCCOC(=O)C=O. The summed E-state index contributed by atoms with van der Waals surface area (Å²) >= 11 is 0. The number of carbonyl (C=O) groups excluding carboxylic acids is 3. The predicted octanol–water partition coefficient (Wildman–Crippen LogP) is -0.492. The van der Waals surface area contributed by atoms with Gasteiger partial charge in [0.05, 0.1) is 39.6 Å². The first-order chi connectivity index (χ1) is 10.2. The van der Waals surface area contributed by atoms with Crippen molar-refractivity contribution in [3.05, 3.63) is 12.7 Å². The first-order valence-corrected chi connectivity index (χ1v) is 6.35. The third-order valence-electron chi connectivity index (χ3n) is 1.95. The summed E-state index contributed by atoms with van der Waals surface area (Å²) in [5, 5.41) is 0. The van der Waals surface area contributed by atoms with Crippen molar-refractivity contribution in [2.45, 2.75) is 0 Å². The van der Waals surface area contributed by atoms with Gasteiger partial charge in [-0.2, -0.15) is 0 Å². The van der Waals surface area contributed by atoms with Gasteiger partial charge in [-0.3, -0.25) is 4.79 Å². The molecule has 8 heteroatoms. The minimum atomic E-state index is -0.911. The Morgan fingerprint density at radius 3 is 1.48 bits per heavy atom. The monoisotopic (exact) mass is 304 g/mol. The largest absolute Gasteiger partial charge is 0.460 e. The molecular weight excluding hydrogens is 284 g/mol. The van der Waals surface area contributed by atoms with Crippen LogP contribution in [0.15, 0.2) is 12.7 Å². The van der Waals surface area contributed by atoms with E-state index in [-0.39, 0.29) is 26.1 Å². The molecule has 0 saturated heterocycles. The molecule has 8 nitrogen and oxygen atoms in total. The van der Waals surface area contributed by atoms with Gasteiger partial charge in [-0.15, -0.1) is 0 Å². The summed E-state index contributed by atoms with van der Waals surface area (Å²) in [6.45, 7) is 5.44. The summed E-state index contributed by atoms with van der Waals surface area (Å²) in [6, 6.07) is 0. The standard InChI is InChI=1S/C13H20O8/c1-2-12(15)20-9-7-18-5-3-17-4-6-19-8-10-21-13(16)11-14/h2,11H,1,3-10H2. The van der Waals surface area contributed by atoms with Gasteiger partial charge in [0, 0.05) is 6.08 Å². The zero-order valence-electron chi connectivity index (χ0n) is 11.8. The van der Waals surface area contributed by atoms with E-state index in [2.05, 4.69) is 11.3 Å². The lowest BCUT2D eigenvalue weighted by Gasteiger charge is -2.07. The lowest BCUT2D eigenvalue weighted by Crippen LogP contribution is -2.15. The molecule has 0 radical (unpaired) electrons. The van der Waals surface area contributed by atoms with Gasteiger partial charge in [-0.05, 0) is 0 Å². The second-order valence-corrected chi connectivity index (χ2v) is 3.49. The molecule has 0 unspecified atom stereocenters. The summed E-state index contributed by atoms with van der Waals surface area (Å²) in [7, 11) is 0. The Kier molecular flexibility index (Phi) is 13.4. The van der Waals surface area contributed by atoms with Crippen molar-refractivity contribution in [3.8, 4) is 0 Å². The Morgan fingerprint density at radius 1 is 0.714 bits per heavy atom. The molecule has 0 aromatic carbocycles. The van der Waals surface area contributed by atoms with Gasteiger partial charge >= 0.3 is 11.9 Å². The molecule has 0 N–H and O–H groups in total. The third-order valence-corrected chi connectivity index (χ3v) is 1.95. The van der Waals surface area contributed by atoms with E-state index in [4.69, 9.17) is 18.9 Å². The van der Waals surface area contributed by atoms with Crippen LogP contribution in [-0.2, 0) is 38.1 Å². The van der Waals surface area contributed by atoms with Crippen molar-refractivity contribution in [2.24, 2.45) is 0 Å². The van der Waals surface area contributed by atoms with Crippen LogP contribution in [0, 0.1) is 0 Å². The smallest absolute Gasteiger partial charge is 0.371 e. The van der Waals surface area contributed by atoms with Crippen molar-refractivity contribution < 1.29 is 38.1 Å². The van der Waals surface area contributed by atoms with Crippen molar-refractivity contribution in [3.63, 3.8) is 0 Å². The molecule has 0 bridgehead atoms. The van der Waals surface area contributed by atoms with E-state index >= 15 is 0 Å². The van der Waals surface area contributed by atoms with Crippen LogP contribution < -0.4 is 0 Å². The molecule has 21 heavy (non-hydrogen) atoms. The number of hydrogen-bond acceptors (Lipinski definition) is 8. The number of aldehydes is 1. The molecule has 0 heterocycles. The summed E-state index contributed by atoms with van der Waals surface area (Å²) in [5.41, 5.74) is 0. The predicted molar refractivity (Wildman–Crippen MR) is 70.6 cm³/mol. The maximum absolute atomic E-state index is 10.7. The van der Waals surface area contributed by atoms with Gasteiger partial charge in [-0.25, -0.2) is 9.59 Å². The molecule has 0 amide bonds. The molecule has 120 valence electrons. The van der Waals surface area contributed by atoms with Gasteiger partial charge in [0.25, 0.3) is 0 Å². The van der Waals surface area contributed by atoms with Crippen molar-refractivity contribution >= 4 is 18.2 Å². The Morgan fingerprint density at radius 2 is 1.10 bits per heavy atom. The second-order valence-electron chi connectivity index (χ2n) is 3.49. The zero-order chi connectivity index (χ0) is 15.8. The van der Waals surface area contributed by atoms with Crippen LogP contribution in [0.2, 0.25) is 0 Å². The second kappa shape index (κ2) is 14.6. The minimum Gasteiger partial charge on any atom is -0.460 e. The topological polar surface area (TPSA) is 97.4 Å². The highest BCUT2D eigenvalue weighted by Crippen LogP contribution is 1.84. The minimum absolute atomic E-state index is 0.0319. The molecule has 0 aliphatic rings. The van der Waals surface area contributed by atoms with Crippen LogP contribution in [0.3, 0.4) is 0 Å². The van der Waals surface area contributed by atoms with Crippen molar-refractivity contribution in [1.82, 2.24) is 0 Å². The molecule has 0 fully saturated rings. The lowest BCUT2D eigenvalue weighted by molar-refractivity contribution is -0.150. The van der Waals surface area contributed by atoms with Crippen LogP contribution in [0.5, 0.6) is 0 Å². The van der Waals surface area contributed by atoms with Crippen LogP contribution in [0.25, 0.3) is 0 Å². The number of rotatable bonds is 14. The number of hydrogen-bond donors (Lipinski definition) is 0. The van der Waals surface area contributed by atoms with Crippen LogP contribution in [-0.4, -0.2) is 71.1 Å². The molecule has 0 spiro atoms. The molecular formula is C13H20O8. The zero-order valence-corrected chi connectivity index (χ0v) is 11.8. The maximum Gasteiger partial charge on any atom is 0.371 e. The fraction of sp³-hybridized carbons (Fsp3) is 0.615. The third kappa shape index (κ3) is 14.4. The number of esters is 2. The van der Waals surface area contributed by atoms with Crippen LogP contribution in [0.4, 0.5) is 0 Å². The van der Waals surface area contributed by atoms with E-state index in [1.165, 1.54) is 0 Å². The summed E-state index contributed by atoms with van der Waals surface area (Å²) in [6.07, 6.45) is 1.18. The first kappa shape index (κ1) is 19.2. The Bertz CT molecular complexity index is 285. The molecule has 0 atom stereocenters. The van der Waals surface area contributed by atoms with E-state index < -0.39 is 11.9 Å². The van der Waals surface area contributed by atoms with Crippen molar-refractivity contribution in [2.75, 3.05) is 52.9 Å². The quantitative estimate of drug-likeness (QED) is 0.139. The van der Waals surface area contributed by atoms with Crippen LogP contribution >= 0.6 is 0 Å². The Labute approximate surface area is 122 Å². The molecule has 0 aromatic rings. The highest BCUT2D eigenvalue weighted by Gasteiger charge is 1.98. The van der Waals surface area contributed by atoms with E-state index in [9.17, 15) is 14.4 Å². The normalized spacial score (nSPS) is 9.90. The molecule has 0 aliphatic heterocycles. The highest BCUT2D eigenvalue weighted by molar-refractivity contribution is 6.20. The fourth-order valence-electron chi connectivity index (χ4n) is 1.04. The average molecular weight is 304 g/mol. The lowest BCUT2D eigenvalue weighted by atomic mass is 10.6. The molecule has 0 saturated carbocycles. The number of carbonyl (C=O) groups is 3.